The first kappa shape index (κ1) is 28.4. The van der Waals surface area contributed by atoms with Crippen LogP contribution < -0.4 is 0 Å². The number of furan rings is 1. The van der Waals surface area contributed by atoms with Gasteiger partial charge in [-0.1, -0.05) is 41.5 Å². The van der Waals surface area contributed by atoms with Crippen LogP contribution in [0.5, 0.6) is 0 Å². The largest absolute Gasteiger partial charge is 0.472 e. The molecule has 1 aromatic heterocycles. The molecule has 3 saturated carbocycles. The van der Waals surface area contributed by atoms with Crippen LogP contribution in [-0.2, 0) is 38.1 Å². The first-order chi connectivity index (χ1) is 19.3. The summed E-state index contributed by atoms with van der Waals surface area (Å²) in [7, 11) is 1.35. The van der Waals surface area contributed by atoms with Gasteiger partial charge in [0.15, 0.2) is 0 Å². The third kappa shape index (κ3) is 3.63. The molecule has 0 radical (unpaired) electrons. The lowest BCUT2D eigenvalue weighted by molar-refractivity contribution is -0.222. The molecule has 2 aliphatic heterocycles. The molecule has 2 saturated heterocycles. The Bertz CT molecular complexity index is 1270. The number of carbonyl (C=O) groups excluding carboxylic acids is 4. The Labute approximate surface area is 241 Å². The number of ketones is 1. The van der Waals surface area contributed by atoms with Crippen LogP contribution in [0, 0.1) is 45.8 Å². The van der Waals surface area contributed by atoms with Gasteiger partial charge in [-0.2, -0.15) is 0 Å². The molecule has 0 aromatic carbocycles. The fourth-order valence-corrected chi connectivity index (χ4v) is 9.71. The third-order valence-electron chi connectivity index (χ3n) is 12.1. The maximum Gasteiger partial charge on any atom is 0.308 e. The molecule has 3 heterocycles. The number of carbonyl (C=O) groups is 4. The zero-order chi connectivity index (χ0) is 29.7. The topological polar surface area (TPSA) is 122 Å². The summed E-state index contributed by atoms with van der Waals surface area (Å²) in [5, 5.41) is 0. The standard InChI is InChI=1S/C32H42O9/c1-8-16(2)28(36)40-26-23-24(35)31(6,19(29(26,3)4)13-21(33)37-7)18-9-11-30(5)20(32(18)27(23)41-32)14-22(34)39-25(30)17-10-12-38-15-17/h10,12,15-16,18-20,23,25-27H,8-9,11,13-14H2,1-7H3/t16-,18+,19+,20+,23+,25+,26-,27-,30-,31-,32-/m1/s1. The summed E-state index contributed by atoms with van der Waals surface area (Å²) in [6, 6.07) is 1.83. The number of hydrogen-bond donors (Lipinski definition) is 0. The molecule has 5 aliphatic rings. The highest BCUT2D eigenvalue weighted by Gasteiger charge is 2.86. The van der Waals surface area contributed by atoms with Crippen molar-refractivity contribution in [2.75, 3.05) is 7.11 Å². The van der Waals surface area contributed by atoms with Crippen molar-refractivity contribution in [3.05, 3.63) is 24.2 Å². The number of fused-ring (bicyclic) bond motifs is 5. The first-order valence-corrected chi connectivity index (χ1v) is 15.0. The summed E-state index contributed by atoms with van der Waals surface area (Å²) in [5.74, 6) is -2.99. The highest BCUT2D eigenvalue weighted by atomic mass is 16.6. The van der Waals surface area contributed by atoms with Crippen molar-refractivity contribution in [1.82, 2.24) is 0 Å². The van der Waals surface area contributed by atoms with Gasteiger partial charge >= 0.3 is 17.9 Å². The van der Waals surface area contributed by atoms with Gasteiger partial charge in [0.1, 0.15) is 29.7 Å². The lowest BCUT2D eigenvalue weighted by Crippen LogP contribution is -2.72. The lowest BCUT2D eigenvalue weighted by atomic mass is 9.37. The van der Waals surface area contributed by atoms with Crippen LogP contribution in [0.3, 0.4) is 0 Å². The zero-order valence-electron chi connectivity index (χ0n) is 25.1. The number of methoxy groups -OCH3 is 1. The van der Waals surface area contributed by atoms with Gasteiger partial charge in [0.2, 0.25) is 0 Å². The van der Waals surface area contributed by atoms with E-state index in [0.717, 1.165) is 5.56 Å². The molecule has 0 unspecified atom stereocenters. The highest BCUT2D eigenvalue weighted by molar-refractivity contribution is 5.93. The van der Waals surface area contributed by atoms with Gasteiger partial charge in [-0.15, -0.1) is 0 Å². The molecule has 2 bridgehead atoms. The summed E-state index contributed by atoms with van der Waals surface area (Å²) in [6.45, 7) is 11.9. The van der Waals surface area contributed by atoms with Gasteiger partial charge in [-0.3, -0.25) is 19.2 Å². The van der Waals surface area contributed by atoms with E-state index >= 15 is 0 Å². The second-order valence-electron chi connectivity index (χ2n) is 14.2. The minimum atomic E-state index is -0.942. The van der Waals surface area contributed by atoms with Crippen molar-refractivity contribution in [1.29, 1.82) is 0 Å². The van der Waals surface area contributed by atoms with E-state index in [1.165, 1.54) is 7.11 Å². The van der Waals surface area contributed by atoms with E-state index in [-0.39, 0.29) is 48.3 Å². The highest BCUT2D eigenvalue weighted by Crippen LogP contribution is 2.77. The molecule has 1 aromatic rings. The minimum Gasteiger partial charge on any atom is -0.472 e. The van der Waals surface area contributed by atoms with E-state index < -0.39 is 58.0 Å². The summed E-state index contributed by atoms with van der Waals surface area (Å²) in [5.41, 5.74) is -2.07. The monoisotopic (exact) mass is 570 g/mol. The summed E-state index contributed by atoms with van der Waals surface area (Å²) in [4.78, 5) is 53.9. The maximum absolute atomic E-state index is 14.6. The average Bonchev–Trinajstić information content (AvgIpc) is 3.39. The number of hydrogen-bond acceptors (Lipinski definition) is 9. The number of esters is 3. The van der Waals surface area contributed by atoms with Gasteiger partial charge < -0.3 is 23.4 Å². The SMILES string of the molecule is CC[C@@H](C)C(=O)O[C@@H]1[C@@H]2C(=O)[C@@](C)([C@@H](CC(=O)OC)C1(C)C)[C@@H]1CC[C@@]3(C)[C@H](c4ccoc4)OC(=O)C[C@@H]3[C@]13O[C@H]23. The molecular weight excluding hydrogens is 528 g/mol. The van der Waals surface area contributed by atoms with Crippen LogP contribution in [0.4, 0.5) is 0 Å². The Morgan fingerprint density at radius 3 is 2.51 bits per heavy atom. The van der Waals surface area contributed by atoms with Gasteiger partial charge in [0.25, 0.3) is 0 Å². The van der Waals surface area contributed by atoms with E-state index in [1.807, 2.05) is 40.7 Å². The van der Waals surface area contributed by atoms with Crippen molar-refractivity contribution in [2.24, 2.45) is 45.8 Å². The van der Waals surface area contributed by atoms with E-state index in [0.29, 0.717) is 19.3 Å². The fraction of sp³-hybridized carbons (Fsp3) is 0.750. The van der Waals surface area contributed by atoms with Crippen molar-refractivity contribution >= 4 is 23.7 Å². The molecule has 41 heavy (non-hydrogen) atoms. The lowest BCUT2D eigenvalue weighted by Gasteiger charge is -2.65. The molecule has 0 N–H and O–H groups in total. The third-order valence-corrected chi connectivity index (χ3v) is 12.1. The van der Waals surface area contributed by atoms with Crippen LogP contribution in [0.1, 0.15) is 85.3 Å². The van der Waals surface area contributed by atoms with E-state index in [2.05, 4.69) is 6.92 Å². The molecule has 6 rings (SSSR count). The van der Waals surface area contributed by atoms with E-state index in [4.69, 9.17) is 23.4 Å². The molecule has 224 valence electrons. The number of cyclic esters (lactones) is 1. The van der Waals surface area contributed by atoms with Crippen LogP contribution in [0.2, 0.25) is 0 Å². The predicted molar refractivity (Wildman–Crippen MR) is 144 cm³/mol. The molecule has 9 nitrogen and oxygen atoms in total. The van der Waals surface area contributed by atoms with Crippen molar-refractivity contribution < 1.29 is 42.5 Å². The normalized spacial score (nSPS) is 44.4. The van der Waals surface area contributed by atoms with Crippen LogP contribution in [-0.4, -0.2) is 48.6 Å². The van der Waals surface area contributed by atoms with E-state index in [1.54, 1.807) is 12.5 Å². The van der Waals surface area contributed by atoms with Gasteiger partial charge in [0.05, 0.1) is 37.9 Å². The molecule has 11 atom stereocenters. The molecule has 5 fully saturated rings. The molecule has 0 amide bonds. The molecule has 1 spiro atoms. The average molecular weight is 571 g/mol. The van der Waals surface area contributed by atoms with Crippen molar-refractivity contribution in [2.45, 2.75) is 97.6 Å². The predicted octanol–water partition coefficient (Wildman–Crippen LogP) is 4.82. The van der Waals surface area contributed by atoms with Gasteiger partial charge in [-0.05, 0) is 31.2 Å². The minimum absolute atomic E-state index is 0.0100. The maximum atomic E-state index is 14.6. The number of epoxide rings is 1. The summed E-state index contributed by atoms with van der Waals surface area (Å²) in [6.07, 6.45) is 3.64. The second-order valence-corrected chi connectivity index (χ2v) is 14.2. The van der Waals surface area contributed by atoms with Gasteiger partial charge in [0, 0.05) is 40.1 Å². The van der Waals surface area contributed by atoms with Crippen molar-refractivity contribution in [3.63, 3.8) is 0 Å². The molecule has 9 heteroatoms. The Hall–Kier alpha value is -2.68. The Morgan fingerprint density at radius 2 is 1.88 bits per heavy atom. The fourth-order valence-electron chi connectivity index (χ4n) is 9.71. The number of ether oxygens (including phenoxy) is 4. The number of rotatable bonds is 6. The van der Waals surface area contributed by atoms with Crippen LogP contribution >= 0.6 is 0 Å². The smallest absolute Gasteiger partial charge is 0.308 e. The van der Waals surface area contributed by atoms with Crippen LogP contribution in [0.25, 0.3) is 0 Å². The van der Waals surface area contributed by atoms with Crippen LogP contribution in [0.15, 0.2) is 23.0 Å². The molecule has 3 aliphatic carbocycles. The zero-order valence-corrected chi connectivity index (χ0v) is 25.1. The number of Topliss-reactive ketones (excluding diaryl/α,β-unsaturated/α-hetero) is 1. The Kier molecular flexibility index (Phi) is 6.35. The second kappa shape index (κ2) is 9.16. The molecular formula is C32H42O9. The van der Waals surface area contributed by atoms with E-state index in [9.17, 15) is 19.2 Å². The Balaban J connectivity index is 1.48. The first-order valence-electron chi connectivity index (χ1n) is 15.0. The Morgan fingerprint density at radius 1 is 1.15 bits per heavy atom. The summed E-state index contributed by atoms with van der Waals surface area (Å²) < 4.78 is 29.5. The quantitative estimate of drug-likeness (QED) is 0.269. The van der Waals surface area contributed by atoms with Gasteiger partial charge in [-0.25, -0.2) is 0 Å². The van der Waals surface area contributed by atoms with Crippen molar-refractivity contribution in [3.8, 4) is 0 Å². The summed E-state index contributed by atoms with van der Waals surface area (Å²) >= 11 is 0.